The first-order chi connectivity index (χ1) is 15.5. The largest absolute Gasteiger partial charge is 0.414 e. The molecule has 2 aromatic rings. The highest BCUT2D eigenvalue weighted by atomic mass is 35.5. The number of rotatable bonds is 7. The fourth-order valence-corrected chi connectivity index (χ4v) is 5.70. The summed E-state index contributed by atoms with van der Waals surface area (Å²) in [7, 11) is -4.29. The molecule has 0 spiro atoms. The molecule has 186 valence electrons. The van der Waals surface area contributed by atoms with Gasteiger partial charge in [-0.15, -0.1) is 0 Å². The zero-order chi connectivity index (χ0) is 25.7. The van der Waals surface area contributed by atoms with Crippen LogP contribution in [0, 0.1) is 0 Å². The molecule has 3 heterocycles. The number of imidazole rings is 1. The Kier molecular flexibility index (Phi) is 6.85. The number of aliphatic hydroxyl groups excluding tert-OH is 1. The normalized spacial score (nSPS) is 25.6. The Morgan fingerprint density at radius 1 is 1.09 bits per heavy atom. The molecule has 11 heteroatoms. The Hall–Kier alpha value is -0.886. The van der Waals surface area contributed by atoms with Crippen molar-refractivity contribution < 1.29 is 18.7 Å². The average molecular weight is 517 g/mol. The van der Waals surface area contributed by atoms with Crippen LogP contribution in [0.3, 0.4) is 0 Å². The van der Waals surface area contributed by atoms with Gasteiger partial charge >= 0.3 is 0 Å². The minimum atomic E-state index is -2.25. The Labute approximate surface area is 205 Å². The van der Waals surface area contributed by atoms with Gasteiger partial charge in [-0.25, -0.2) is 15.0 Å². The van der Waals surface area contributed by atoms with Crippen molar-refractivity contribution in [1.82, 2.24) is 19.5 Å². The quantitative estimate of drug-likeness (QED) is 0.401. The standard InChI is InChI=1S/C22H39ClN4O4Si2/c1-21(2,3)32(7,8)29-11-14-16(28)17(31-33(9,10)22(4,5)6)20(30-14)27-13-26-15-18(23)24-12-25-19(15)27/h12-14,16-17,20,28H,11H2,1-10H3/t14-,16-,17-,20-/m1/s1/i28T. The molecule has 0 aliphatic carbocycles. The summed E-state index contributed by atoms with van der Waals surface area (Å²) < 4.78 is 29.5. The van der Waals surface area contributed by atoms with Crippen molar-refractivity contribution in [3.8, 4) is 0 Å². The van der Waals surface area contributed by atoms with Crippen molar-refractivity contribution in [2.24, 2.45) is 0 Å². The number of fused-ring (bicyclic) bond motifs is 1. The molecule has 2 aromatic heterocycles. The molecule has 0 bridgehead atoms. The van der Waals surface area contributed by atoms with Crippen LogP contribution in [-0.2, 0) is 13.6 Å². The first-order valence-corrected chi connectivity index (χ1v) is 17.6. The molecular formula is C22H39ClN4O4Si2. The van der Waals surface area contributed by atoms with Crippen LogP contribution < -0.4 is 0 Å². The first kappa shape index (κ1) is 25.2. The zero-order valence-electron chi connectivity index (χ0n) is 22.5. The molecule has 33 heavy (non-hydrogen) atoms. The molecule has 1 N–H and O–H groups in total. The Bertz CT molecular complexity index is 1010. The average Bonchev–Trinajstić information content (AvgIpc) is 3.26. The lowest BCUT2D eigenvalue weighted by atomic mass is 10.1. The highest BCUT2D eigenvalue weighted by Crippen LogP contribution is 2.43. The number of hydrogen-bond donors (Lipinski definition) is 1. The molecule has 1 saturated heterocycles. The summed E-state index contributed by atoms with van der Waals surface area (Å²) in [5, 5.41) is 5.56. The minimum Gasteiger partial charge on any atom is -0.414 e. The number of aromatic nitrogens is 4. The zero-order valence-corrected chi connectivity index (χ0v) is 24.2. The molecule has 1 fully saturated rings. The second kappa shape index (κ2) is 8.96. The molecule has 1 aliphatic rings. The van der Waals surface area contributed by atoms with E-state index in [9.17, 15) is 0 Å². The second-order valence-electron chi connectivity index (χ2n) is 11.9. The summed E-state index contributed by atoms with van der Waals surface area (Å²) in [4.78, 5) is 12.8. The smallest absolute Gasteiger partial charge is 0.211 e. The van der Waals surface area contributed by atoms with Gasteiger partial charge in [-0.2, -0.15) is 0 Å². The number of nitrogens with zero attached hydrogens (tertiary/aromatic N) is 4. The summed E-state index contributed by atoms with van der Waals surface area (Å²) in [5.41, 5.74) is 1.03. The van der Waals surface area contributed by atoms with Crippen LogP contribution in [0.25, 0.3) is 11.2 Å². The molecule has 0 saturated carbocycles. The number of aliphatic hydroxyl groups is 1. The van der Waals surface area contributed by atoms with Crippen LogP contribution in [0.15, 0.2) is 12.7 Å². The van der Waals surface area contributed by atoms with Gasteiger partial charge in [0.1, 0.15) is 30.2 Å². The van der Waals surface area contributed by atoms with Gasteiger partial charge in [0.25, 0.3) is 0 Å². The lowest BCUT2D eigenvalue weighted by Gasteiger charge is -2.40. The van der Waals surface area contributed by atoms with Crippen LogP contribution in [-0.4, -0.2) is 67.6 Å². The van der Waals surface area contributed by atoms with Crippen molar-refractivity contribution in [1.29, 1.82) is 1.43 Å². The molecule has 0 amide bonds. The van der Waals surface area contributed by atoms with Gasteiger partial charge in [0.15, 0.2) is 33.7 Å². The van der Waals surface area contributed by atoms with E-state index >= 15 is 0 Å². The monoisotopic (exact) mass is 516 g/mol. The van der Waals surface area contributed by atoms with Gasteiger partial charge in [0, 0.05) is 0 Å². The first-order valence-electron chi connectivity index (χ1n) is 11.8. The third-order valence-corrected chi connectivity index (χ3v) is 16.8. The third kappa shape index (κ3) is 5.21. The molecular weight excluding hydrogens is 476 g/mol. The maximum atomic E-state index is 7.93. The van der Waals surface area contributed by atoms with E-state index in [1.165, 1.54) is 6.33 Å². The van der Waals surface area contributed by atoms with E-state index in [4.69, 9.17) is 31.7 Å². The van der Waals surface area contributed by atoms with Crippen molar-refractivity contribution in [2.75, 3.05) is 6.61 Å². The van der Waals surface area contributed by atoms with E-state index in [0.29, 0.717) is 17.8 Å². The Morgan fingerprint density at radius 3 is 2.30 bits per heavy atom. The van der Waals surface area contributed by atoms with E-state index in [1.807, 2.05) is 0 Å². The van der Waals surface area contributed by atoms with E-state index in [-0.39, 0.29) is 15.2 Å². The van der Waals surface area contributed by atoms with E-state index < -0.39 is 41.2 Å². The molecule has 8 nitrogen and oxygen atoms in total. The van der Waals surface area contributed by atoms with Crippen LogP contribution in [0.4, 0.5) is 0 Å². The summed E-state index contributed by atoms with van der Waals surface area (Å²) >= 11 is 6.24. The van der Waals surface area contributed by atoms with E-state index in [2.05, 4.69) is 82.7 Å². The molecule has 0 unspecified atom stereocenters. The van der Waals surface area contributed by atoms with Gasteiger partial charge in [-0.05, 0) is 36.3 Å². The van der Waals surface area contributed by atoms with Crippen molar-refractivity contribution in [3.05, 3.63) is 17.8 Å². The highest BCUT2D eigenvalue weighted by molar-refractivity contribution is 6.74. The van der Waals surface area contributed by atoms with Crippen molar-refractivity contribution in [3.63, 3.8) is 0 Å². The third-order valence-electron chi connectivity index (χ3n) is 7.53. The van der Waals surface area contributed by atoms with Crippen LogP contribution in [0.2, 0.25) is 41.4 Å². The van der Waals surface area contributed by atoms with Gasteiger partial charge in [-0.1, -0.05) is 53.1 Å². The van der Waals surface area contributed by atoms with Crippen molar-refractivity contribution in [2.45, 2.75) is 102 Å². The van der Waals surface area contributed by atoms with Crippen LogP contribution >= 0.6 is 11.6 Å². The maximum Gasteiger partial charge on any atom is 0.211 e. The summed E-state index contributed by atoms with van der Waals surface area (Å²) in [6, 6.07) is 0. The second-order valence-corrected chi connectivity index (χ2v) is 21.9. The van der Waals surface area contributed by atoms with Crippen molar-refractivity contribution >= 4 is 39.4 Å². The Morgan fingerprint density at radius 2 is 1.73 bits per heavy atom. The van der Waals surface area contributed by atoms with Gasteiger partial charge in [-0.3, -0.25) is 4.57 Å². The minimum absolute atomic E-state index is 0.0393. The Balaban J connectivity index is 2.00. The summed E-state index contributed by atoms with van der Waals surface area (Å²) in [5.74, 6) is 0. The topological polar surface area (TPSA) is 91.5 Å². The molecule has 3 rings (SSSR count). The molecule has 4 atom stereocenters. The van der Waals surface area contributed by atoms with E-state index in [0.717, 1.165) is 0 Å². The molecule has 0 aromatic carbocycles. The lowest BCUT2D eigenvalue weighted by Crippen LogP contribution is -2.49. The van der Waals surface area contributed by atoms with Crippen LogP contribution in [0.5, 0.6) is 0 Å². The van der Waals surface area contributed by atoms with Gasteiger partial charge in [0.2, 0.25) is 1.43 Å². The summed E-state index contributed by atoms with van der Waals surface area (Å²) in [6.45, 7) is 22.2. The number of hydrogen-bond acceptors (Lipinski definition) is 7. The van der Waals surface area contributed by atoms with E-state index in [1.54, 1.807) is 10.9 Å². The van der Waals surface area contributed by atoms with Gasteiger partial charge < -0.3 is 18.7 Å². The SMILES string of the molecule is [3H]O[C@H]1[C@@H](O[Si](C)(C)C(C)(C)C)[C@H](n2cnc3c(Cl)ncnc32)O[C@@H]1CO[Si](C)(C)C(C)(C)C. The number of ether oxygens (including phenoxy) is 1. The predicted molar refractivity (Wildman–Crippen MR) is 135 cm³/mol. The lowest BCUT2D eigenvalue weighted by molar-refractivity contribution is -0.0476. The number of halogens is 1. The maximum absolute atomic E-state index is 7.93. The summed E-state index contributed by atoms with van der Waals surface area (Å²) in [6.07, 6.45) is 0.763. The van der Waals surface area contributed by atoms with Crippen LogP contribution in [0.1, 0.15) is 47.8 Å². The highest BCUT2D eigenvalue weighted by Gasteiger charge is 2.51. The fraction of sp³-hybridized carbons (Fsp3) is 0.773. The fourth-order valence-electron chi connectivity index (χ4n) is 3.22. The molecule has 1 aliphatic heterocycles. The molecule has 0 radical (unpaired) electrons. The predicted octanol–water partition coefficient (Wildman–Crippen LogP) is 5.15. The van der Waals surface area contributed by atoms with Gasteiger partial charge in [0.05, 0.1) is 12.9 Å².